The van der Waals surface area contributed by atoms with Crippen molar-refractivity contribution in [3.63, 3.8) is 0 Å². The topological polar surface area (TPSA) is 42.9 Å². The van der Waals surface area contributed by atoms with E-state index in [1.807, 2.05) is 12.1 Å². The van der Waals surface area contributed by atoms with Crippen molar-refractivity contribution in [1.82, 2.24) is 9.97 Å². The van der Waals surface area contributed by atoms with Crippen LogP contribution in [-0.2, 0) is 0 Å². The molecule has 0 unspecified atom stereocenters. The van der Waals surface area contributed by atoms with Gasteiger partial charge in [0, 0.05) is 6.20 Å². The molecule has 0 aliphatic rings. The van der Waals surface area contributed by atoms with Crippen LogP contribution in [0.2, 0.25) is 0 Å². The number of aromatic nitrogens is 2. The van der Waals surface area contributed by atoms with Gasteiger partial charge in [-0.15, -0.1) is 11.3 Å². The predicted octanol–water partition coefficient (Wildman–Crippen LogP) is 2.78. The summed E-state index contributed by atoms with van der Waals surface area (Å²) in [6.07, 6.45) is 2.23. The third-order valence-corrected chi connectivity index (χ3v) is 3.25. The quantitative estimate of drug-likeness (QED) is 0.787. The molecule has 2 aromatic heterocycles. The molecule has 3 nitrogen and oxygen atoms in total. The van der Waals surface area contributed by atoms with Crippen molar-refractivity contribution in [2.75, 3.05) is 0 Å². The molecule has 2 aromatic rings. The van der Waals surface area contributed by atoms with Crippen LogP contribution in [0.1, 0.15) is 10.6 Å². The average molecular weight is 269 g/mol. The molecule has 0 aliphatic heterocycles. The van der Waals surface area contributed by atoms with E-state index in [0.717, 1.165) is 14.4 Å². The number of carbonyl (C=O) groups is 1. The Morgan fingerprint density at radius 2 is 2.21 bits per heavy atom. The SMILES string of the molecule is O=Cc1nccc(-c2ccc(Br)s2)n1. The van der Waals surface area contributed by atoms with Crippen molar-refractivity contribution in [2.24, 2.45) is 0 Å². The monoisotopic (exact) mass is 268 g/mol. The molecule has 5 heteroatoms. The molecule has 0 atom stereocenters. The van der Waals surface area contributed by atoms with Gasteiger partial charge in [0.1, 0.15) is 0 Å². The summed E-state index contributed by atoms with van der Waals surface area (Å²) in [4.78, 5) is 19.4. The molecule has 0 aliphatic carbocycles. The van der Waals surface area contributed by atoms with Crippen LogP contribution in [-0.4, -0.2) is 16.3 Å². The standard InChI is InChI=1S/C9H5BrN2OS/c10-8-2-1-7(14-8)6-3-4-11-9(5-13)12-6/h1-5H. The van der Waals surface area contributed by atoms with Gasteiger partial charge >= 0.3 is 0 Å². The molecule has 0 fully saturated rings. The summed E-state index contributed by atoms with van der Waals surface area (Å²) in [5.74, 6) is 0.215. The molecule has 0 saturated heterocycles. The first-order chi connectivity index (χ1) is 6.79. The molecule has 0 saturated carbocycles. The summed E-state index contributed by atoms with van der Waals surface area (Å²) < 4.78 is 1.04. The fraction of sp³-hybridized carbons (Fsp3) is 0. The first-order valence-electron chi connectivity index (χ1n) is 3.83. The number of aldehydes is 1. The second kappa shape index (κ2) is 3.98. The third kappa shape index (κ3) is 1.88. The minimum Gasteiger partial charge on any atom is -0.294 e. The van der Waals surface area contributed by atoms with E-state index in [4.69, 9.17) is 0 Å². The van der Waals surface area contributed by atoms with E-state index in [2.05, 4.69) is 25.9 Å². The number of thiophene rings is 1. The smallest absolute Gasteiger partial charge is 0.193 e. The summed E-state index contributed by atoms with van der Waals surface area (Å²) in [7, 11) is 0. The molecule has 14 heavy (non-hydrogen) atoms. The van der Waals surface area contributed by atoms with E-state index < -0.39 is 0 Å². The van der Waals surface area contributed by atoms with Gasteiger partial charge in [0.2, 0.25) is 0 Å². The van der Waals surface area contributed by atoms with Crippen molar-refractivity contribution in [2.45, 2.75) is 0 Å². The minimum absolute atomic E-state index is 0.215. The lowest BCUT2D eigenvalue weighted by Gasteiger charge is -1.95. The minimum atomic E-state index is 0.215. The van der Waals surface area contributed by atoms with Crippen LogP contribution >= 0.6 is 27.3 Å². The van der Waals surface area contributed by atoms with Gasteiger partial charge in [-0.3, -0.25) is 4.79 Å². The van der Waals surface area contributed by atoms with E-state index in [0.29, 0.717) is 6.29 Å². The lowest BCUT2D eigenvalue weighted by Crippen LogP contribution is -1.92. The fourth-order valence-electron chi connectivity index (χ4n) is 1.02. The van der Waals surface area contributed by atoms with E-state index >= 15 is 0 Å². The summed E-state index contributed by atoms with van der Waals surface area (Å²) in [5.41, 5.74) is 0.776. The van der Waals surface area contributed by atoms with Crippen LogP contribution in [0.25, 0.3) is 10.6 Å². The maximum Gasteiger partial charge on any atom is 0.193 e. The molecule has 0 N–H and O–H groups in total. The largest absolute Gasteiger partial charge is 0.294 e. The van der Waals surface area contributed by atoms with Crippen LogP contribution < -0.4 is 0 Å². The zero-order chi connectivity index (χ0) is 9.97. The highest BCUT2D eigenvalue weighted by Crippen LogP contribution is 2.29. The van der Waals surface area contributed by atoms with Gasteiger partial charge in [-0.25, -0.2) is 9.97 Å². The summed E-state index contributed by atoms with van der Waals surface area (Å²) in [5, 5.41) is 0. The van der Waals surface area contributed by atoms with Crippen molar-refractivity contribution < 1.29 is 4.79 Å². The van der Waals surface area contributed by atoms with Gasteiger partial charge in [0.05, 0.1) is 14.4 Å². The first kappa shape index (κ1) is 9.48. The Balaban J connectivity index is 2.46. The van der Waals surface area contributed by atoms with Crippen LogP contribution in [0, 0.1) is 0 Å². The molecular weight excluding hydrogens is 264 g/mol. The molecule has 0 spiro atoms. The second-order valence-corrected chi connectivity index (χ2v) is 4.98. The molecule has 70 valence electrons. The van der Waals surface area contributed by atoms with Gasteiger partial charge in [-0.2, -0.15) is 0 Å². The third-order valence-electron chi connectivity index (χ3n) is 1.61. The number of nitrogens with zero attached hydrogens (tertiary/aromatic N) is 2. The van der Waals surface area contributed by atoms with E-state index in [1.54, 1.807) is 23.6 Å². The van der Waals surface area contributed by atoms with Crippen molar-refractivity contribution >= 4 is 33.6 Å². The molecule has 0 bridgehead atoms. The Labute approximate surface area is 93.0 Å². The number of hydrogen-bond acceptors (Lipinski definition) is 4. The van der Waals surface area contributed by atoms with Gasteiger partial charge in [0.25, 0.3) is 0 Å². The second-order valence-electron chi connectivity index (χ2n) is 2.52. The molecule has 0 aromatic carbocycles. The maximum atomic E-state index is 10.5. The highest BCUT2D eigenvalue weighted by Gasteiger charge is 2.03. The molecule has 0 amide bonds. The van der Waals surface area contributed by atoms with Crippen molar-refractivity contribution in [3.05, 3.63) is 34.0 Å². The van der Waals surface area contributed by atoms with Crippen molar-refractivity contribution in [1.29, 1.82) is 0 Å². The number of rotatable bonds is 2. The fourth-order valence-corrected chi connectivity index (χ4v) is 2.38. The lowest BCUT2D eigenvalue weighted by molar-refractivity contribution is 0.111. The Kier molecular flexibility index (Phi) is 2.69. The molecule has 2 rings (SSSR count). The van der Waals surface area contributed by atoms with E-state index in [1.165, 1.54) is 0 Å². The number of carbonyl (C=O) groups excluding carboxylic acids is 1. The summed E-state index contributed by atoms with van der Waals surface area (Å²) in [6.45, 7) is 0. The van der Waals surface area contributed by atoms with Crippen LogP contribution in [0.15, 0.2) is 28.2 Å². The molecule has 0 radical (unpaired) electrons. The highest BCUT2D eigenvalue weighted by molar-refractivity contribution is 9.11. The first-order valence-corrected chi connectivity index (χ1v) is 5.44. The summed E-state index contributed by atoms with van der Waals surface area (Å²) >= 11 is 4.94. The van der Waals surface area contributed by atoms with Crippen molar-refractivity contribution in [3.8, 4) is 10.6 Å². The molecule has 2 heterocycles. The van der Waals surface area contributed by atoms with Crippen LogP contribution in [0.4, 0.5) is 0 Å². The van der Waals surface area contributed by atoms with Crippen LogP contribution in [0.5, 0.6) is 0 Å². The Morgan fingerprint density at radius 1 is 1.36 bits per heavy atom. The summed E-state index contributed by atoms with van der Waals surface area (Å²) in [6, 6.07) is 5.68. The molecular formula is C9H5BrN2OS. The zero-order valence-electron chi connectivity index (χ0n) is 6.98. The lowest BCUT2D eigenvalue weighted by atomic mass is 10.3. The predicted molar refractivity (Wildman–Crippen MR) is 58.4 cm³/mol. The zero-order valence-corrected chi connectivity index (χ0v) is 9.38. The van der Waals surface area contributed by atoms with Gasteiger partial charge < -0.3 is 0 Å². The maximum absolute atomic E-state index is 10.5. The van der Waals surface area contributed by atoms with E-state index in [9.17, 15) is 4.79 Å². The number of hydrogen-bond donors (Lipinski definition) is 0. The Hall–Kier alpha value is -1.07. The average Bonchev–Trinajstić information content (AvgIpc) is 2.65. The number of halogens is 1. The normalized spacial score (nSPS) is 10.1. The Morgan fingerprint density at radius 3 is 2.86 bits per heavy atom. The highest BCUT2D eigenvalue weighted by atomic mass is 79.9. The van der Waals surface area contributed by atoms with Gasteiger partial charge in [-0.05, 0) is 34.1 Å². The van der Waals surface area contributed by atoms with Gasteiger partial charge in [-0.1, -0.05) is 0 Å². The van der Waals surface area contributed by atoms with Gasteiger partial charge in [0.15, 0.2) is 12.1 Å². The van der Waals surface area contributed by atoms with Crippen LogP contribution in [0.3, 0.4) is 0 Å². The Bertz CT molecular complexity index is 469. The van der Waals surface area contributed by atoms with E-state index in [-0.39, 0.29) is 5.82 Å².